The van der Waals surface area contributed by atoms with E-state index in [0.717, 1.165) is 32.3 Å². The lowest BCUT2D eigenvalue weighted by Gasteiger charge is -2.22. The highest BCUT2D eigenvalue weighted by molar-refractivity contribution is 7.89. The van der Waals surface area contributed by atoms with E-state index >= 15 is 0 Å². The van der Waals surface area contributed by atoms with Crippen molar-refractivity contribution < 1.29 is 22.7 Å². The van der Waals surface area contributed by atoms with Gasteiger partial charge in [-0.3, -0.25) is 4.79 Å². The van der Waals surface area contributed by atoms with Crippen molar-refractivity contribution in [3.05, 3.63) is 23.8 Å². The van der Waals surface area contributed by atoms with Crippen LogP contribution < -0.4 is 14.8 Å². The fraction of sp³-hybridized carbons (Fsp3) is 0.650. The summed E-state index contributed by atoms with van der Waals surface area (Å²) in [4.78, 5) is 12.6. The minimum absolute atomic E-state index is 0.0356. The summed E-state index contributed by atoms with van der Waals surface area (Å²) in [7, 11) is -2.44. The van der Waals surface area contributed by atoms with E-state index in [0.29, 0.717) is 0 Å². The smallest absolute Gasteiger partial charge is 0.251 e. The number of benzene rings is 1. The molecule has 0 radical (unpaired) electrons. The van der Waals surface area contributed by atoms with Crippen molar-refractivity contribution >= 4 is 15.9 Å². The highest BCUT2D eigenvalue weighted by Gasteiger charge is 2.26. The highest BCUT2D eigenvalue weighted by atomic mass is 32.2. The van der Waals surface area contributed by atoms with E-state index in [1.807, 2.05) is 6.92 Å². The predicted octanol–water partition coefficient (Wildman–Crippen LogP) is 2.85. The van der Waals surface area contributed by atoms with E-state index in [2.05, 4.69) is 10.0 Å². The van der Waals surface area contributed by atoms with Crippen molar-refractivity contribution in [2.45, 2.75) is 76.0 Å². The summed E-state index contributed by atoms with van der Waals surface area (Å²) < 4.78 is 38.9. The first-order valence-electron chi connectivity index (χ1n) is 9.66. The number of hydrogen-bond donors (Lipinski definition) is 2. The first kappa shape index (κ1) is 22.6. The lowest BCUT2D eigenvalue weighted by Crippen LogP contribution is -2.40. The van der Waals surface area contributed by atoms with Crippen LogP contribution >= 0.6 is 0 Å². The second kappa shape index (κ2) is 9.24. The third-order valence-corrected chi connectivity index (χ3v) is 6.26. The molecule has 0 aliphatic carbocycles. The van der Waals surface area contributed by atoms with Crippen LogP contribution in [0.5, 0.6) is 5.75 Å². The quantitative estimate of drug-likeness (QED) is 0.685. The van der Waals surface area contributed by atoms with Crippen LogP contribution in [0.3, 0.4) is 0 Å². The van der Waals surface area contributed by atoms with Crippen molar-refractivity contribution in [2.75, 3.05) is 13.7 Å². The molecule has 1 amide bonds. The van der Waals surface area contributed by atoms with Crippen LogP contribution in [0.15, 0.2) is 23.1 Å². The largest absolute Gasteiger partial charge is 0.495 e. The second-order valence-electron chi connectivity index (χ2n) is 8.31. The van der Waals surface area contributed by atoms with Crippen LogP contribution in [0.2, 0.25) is 0 Å². The normalized spacial score (nSPS) is 18.7. The molecule has 158 valence electrons. The average molecular weight is 413 g/mol. The third kappa shape index (κ3) is 6.46. The molecule has 0 aromatic heterocycles. The summed E-state index contributed by atoms with van der Waals surface area (Å²) >= 11 is 0. The number of amides is 1. The zero-order valence-corrected chi connectivity index (χ0v) is 18.2. The lowest BCUT2D eigenvalue weighted by molar-refractivity contribution is 0.0899. The van der Waals surface area contributed by atoms with E-state index in [4.69, 9.17) is 9.47 Å². The molecule has 2 unspecified atom stereocenters. The molecule has 0 saturated carbocycles. The van der Waals surface area contributed by atoms with Gasteiger partial charge in [-0.15, -0.1) is 0 Å². The van der Waals surface area contributed by atoms with Crippen molar-refractivity contribution in [2.24, 2.45) is 0 Å². The van der Waals surface area contributed by atoms with Gasteiger partial charge in [0, 0.05) is 23.8 Å². The molecule has 1 aromatic rings. The average Bonchev–Trinajstić information content (AvgIpc) is 3.10. The van der Waals surface area contributed by atoms with Gasteiger partial charge in [0.05, 0.1) is 13.2 Å². The molecule has 2 N–H and O–H groups in total. The molecule has 1 saturated heterocycles. The number of carbonyl (C=O) groups excluding carboxylic acids is 1. The van der Waals surface area contributed by atoms with Crippen LogP contribution in [0, 0.1) is 0 Å². The monoisotopic (exact) mass is 412 g/mol. The molecule has 1 aromatic carbocycles. The Kier molecular flexibility index (Phi) is 7.47. The van der Waals surface area contributed by atoms with Gasteiger partial charge in [0.1, 0.15) is 10.6 Å². The van der Waals surface area contributed by atoms with Gasteiger partial charge in [0.25, 0.3) is 5.91 Å². The van der Waals surface area contributed by atoms with Crippen molar-refractivity contribution in [3.8, 4) is 5.75 Å². The lowest BCUT2D eigenvalue weighted by atomic mass is 10.1. The van der Waals surface area contributed by atoms with E-state index in [-0.39, 0.29) is 34.3 Å². The number of rotatable bonds is 8. The Morgan fingerprint density at radius 2 is 2.07 bits per heavy atom. The maximum atomic E-state index is 12.7. The summed E-state index contributed by atoms with van der Waals surface area (Å²) in [6, 6.07) is 4.39. The predicted molar refractivity (Wildman–Crippen MR) is 108 cm³/mol. The van der Waals surface area contributed by atoms with Gasteiger partial charge in [0.2, 0.25) is 10.0 Å². The third-order valence-electron chi connectivity index (χ3n) is 4.48. The zero-order chi connectivity index (χ0) is 20.9. The number of ether oxygens (including phenoxy) is 2. The van der Waals surface area contributed by atoms with Gasteiger partial charge in [-0.05, 0) is 71.6 Å². The van der Waals surface area contributed by atoms with Crippen molar-refractivity contribution in [1.82, 2.24) is 10.0 Å². The molecule has 1 aliphatic heterocycles. The first-order chi connectivity index (χ1) is 13.0. The molecule has 0 spiro atoms. The maximum Gasteiger partial charge on any atom is 0.251 e. The Hall–Kier alpha value is -1.64. The number of carbonyl (C=O) groups is 1. The first-order valence-corrected chi connectivity index (χ1v) is 11.1. The van der Waals surface area contributed by atoms with Gasteiger partial charge < -0.3 is 14.8 Å². The minimum Gasteiger partial charge on any atom is -0.495 e. The van der Waals surface area contributed by atoms with E-state index < -0.39 is 15.6 Å². The molecule has 1 aliphatic rings. The van der Waals surface area contributed by atoms with Crippen molar-refractivity contribution in [1.29, 1.82) is 0 Å². The Morgan fingerprint density at radius 1 is 1.36 bits per heavy atom. The fourth-order valence-corrected chi connectivity index (χ4v) is 4.79. The van der Waals surface area contributed by atoms with E-state index in [1.165, 1.54) is 19.2 Å². The fourth-order valence-electron chi connectivity index (χ4n) is 3.17. The van der Waals surface area contributed by atoms with Crippen LogP contribution in [0.1, 0.15) is 63.7 Å². The molecular weight excluding hydrogens is 380 g/mol. The molecular formula is C20H32N2O5S. The molecule has 0 bridgehead atoms. The molecule has 8 heteroatoms. The second-order valence-corrected chi connectivity index (χ2v) is 9.96. The molecule has 28 heavy (non-hydrogen) atoms. The van der Waals surface area contributed by atoms with Crippen LogP contribution in [0.25, 0.3) is 0 Å². The Morgan fingerprint density at radius 3 is 2.64 bits per heavy atom. The molecule has 2 atom stereocenters. The molecule has 1 heterocycles. The molecule has 7 nitrogen and oxygen atoms in total. The summed E-state index contributed by atoms with van der Waals surface area (Å²) in [5.74, 6) is -0.116. The van der Waals surface area contributed by atoms with Crippen molar-refractivity contribution in [3.63, 3.8) is 0 Å². The van der Waals surface area contributed by atoms with Gasteiger partial charge in [0.15, 0.2) is 0 Å². The van der Waals surface area contributed by atoms with Gasteiger partial charge >= 0.3 is 0 Å². The summed E-state index contributed by atoms with van der Waals surface area (Å²) in [6.07, 6.45) is 4.15. The number of sulfonamides is 1. The van der Waals surface area contributed by atoms with Crippen LogP contribution in [0.4, 0.5) is 0 Å². The Balaban J connectivity index is 2.11. The summed E-state index contributed by atoms with van der Waals surface area (Å²) in [5, 5.41) is 2.93. The van der Waals surface area contributed by atoms with Gasteiger partial charge in [-0.2, -0.15) is 0 Å². The highest BCUT2D eigenvalue weighted by Crippen LogP contribution is 2.26. The number of nitrogens with one attached hydrogen (secondary N) is 2. The van der Waals surface area contributed by atoms with E-state index in [1.54, 1.807) is 26.8 Å². The standard InChI is InChI=1S/C20H32N2O5S/c1-14(8-10-16-7-6-12-27-16)21-19(23)15-9-11-17(26-5)18(13-15)28(24,25)22-20(2,3)4/h9,11,13-14,16,22H,6-8,10,12H2,1-5H3,(H,21,23). The van der Waals surface area contributed by atoms with Crippen LogP contribution in [-0.4, -0.2) is 45.7 Å². The van der Waals surface area contributed by atoms with E-state index in [9.17, 15) is 13.2 Å². The number of hydrogen-bond acceptors (Lipinski definition) is 5. The Labute approximate surface area is 168 Å². The maximum absolute atomic E-state index is 12.7. The zero-order valence-electron chi connectivity index (χ0n) is 17.4. The van der Waals surface area contributed by atoms with Gasteiger partial charge in [-0.25, -0.2) is 13.1 Å². The summed E-state index contributed by atoms with van der Waals surface area (Å²) in [6.45, 7) is 8.02. The summed E-state index contributed by atoms with van der Waals surface area (Å²) in [5.41, 5.74) is -0.377. The van der Waals surface area contributed by atoms with Crippen LogP contribution in [-0.2, 0) is 14.8 Å². The topological polar surface area (TPSA) is 93.7 Å². The van der Waals surface area contributed by atoms with Gasteiger partial charge in [-0.1, -0.05) is 0 Å². The molecule has 1 fully saturated rings. The number of methoxy groups -OCH3 is 1. The Bertz CT molecular complexity index is 780. The minimum atomic E-state index is -3.84. The molecule has 2 rings (SSSR count). The SMILES string of the molecule is COc1ccc(C(=O)NC(C)CCC2CCCO2)cc1S(=O)(=O)NC(C)(C)C.